The highest BCUT2D eigenvalue weighted by molar-refractivity contribution is 5.49. The highest BCUT2D eigenvalue weighted by Crippen LogP contribution is 2.23. The molecule has 6 heteroatoms. The zero-order valence-electron chi connectivity index (χ0n) is 10.7. The summed E-state index contributed by atoms with van der Waals surface area (Å²) in [7, 11) is 0. The molecule has 1 aromatic rings. The van der Waals surface area contributed by atoms with Crippen molar-refractivity contribution >= 4 is 11.5 Å². The molecule has 2 heterocycles. The molecular weight excluding hydrogens is 232 g/mol. The molecule has 1 fully saturated rings. The van der Waals surface area contributed by atoms with E-state index in [0.717, 1.165) is 31.9 Å². The molecule has 1 saturated heterocycles. The van der Waals surface area contributed by atoms with Gasteiger partial charge in [-0.05, 0) is 19.4 Å². The van der Waals surface area contributed by atoms with Gasteiger partial charge in [0.05, 0.1) is 11.0 Å². The van der Waals surface area contributed by atoms with Crippen LogP contribution in [0.3, 0.4) is 0 Å². The van der Waals surface area contributed by atoms with Crippen molar-refractivity contribution < 1.29 is 4.92 Å². The van der Waals surface area contributed by atoms with Crippen molar-refractivity contribution in [2.75, 3.05) is 24.5 Å². The lowest BCUT2D eigenvalue weighted by Crippen LogP contribution is -2.57. The van der Waals surface area contributed by atoms with Gasteiger partial charge in [-0.25, -0.2) is 4.98 Å². The fourth-order valence-corrected chi connectivity index (χ4v) is 2.10. The molecule has 0 spiro atoms. The summed E-state index contributed by atoms with van der Waals surface area (Å²) in [5, 5.41) is 14.0. The van der Waals surface area contributed by atoms with E-state index in [1.54, 1.807) is 6.92 Å². The summed E-state index contributed by atoms with van der Waals surface area (Å²) in [6.07, 6.45) is 2.40. The minimum atomic E-state index is -0.388. The normalized spacial score (nSPS) is 15.2. The Hall–Kier alpha value is -1.69. The van der Waals surface area contributed by atoms with Crippen molar-refractivity contribution in [3.8, 4) is 0 Å². The molecule has 18 heavy (non-hydrogen) atoms. The van der Waals surface area contributed by atoms with Crippen LogP contribution in [0.5, 0.6) is 0 Å². The third-order valence-electron chi connectivity index (χ3n) is 3.22. The largest absolute Gasteiger partial charge is 0.351 e. The molecule has 0 saturated carbocycles. The van der Waals surface area contributed by atoms with E-state index in [4.69, 9.17) is 0 Å². The summed E-state index contributed by atoms with van der Waals surface area (Å²) in [6.45, 7) is 6.72. The van der Waals surface area contributed by atoms with Crippen LogP contribution in [0.2, 0.25) is 0 Å². The van der Waals surface area contributed by atoms with Crippen molar-refractivity contribution in [3.05, 3.63) is 27.9 Å². The van der Waals surface area contributed by atoms with Gasteiger partial charge in [-0.2, -0.15) is 0 Å². The van der Waals surface area contributed by atoms with E-state index in [9.17, 15) is 10.1 Å². The Balaban J connectivity index is 2.24. The Morgan fingerprint density at radius 3 is 2.78 bits per heavy atom. The van der Waals surface area contributed by atoms with Crippen LogP contribution in [0.4, 0.5) is 11.5 Å². The Morgan fingerprint density at radius 1 is 1.61 bits per heavy atom. The zero-order chi connectivity index (χ0) is 13.1. The number of rotatable bonds is 5. The van der Waals surface area contributed by atoms with Gasteiger partial charge in [0.2, 0.25) is 0 Å². The highest BCUT2D eigenvalue weighted by Gasteiger charge is 2.26. The Kier molecular flexibility index (Phi) is 3.76. The molecule has 6 nitrogen and oxygen atoms in total. The number of nitrogens with zero attached hydrogens (tertiary/aromatic N) is 3. The monoisotopic (exact) mass is 250 g/mol. The second-order valence-electron chi connectivity index (χ2n) is 4.59. The van der Waals surface area contributed by atoms with Crippen molar-refractivity contribution in [2.45, 2.75) is 26.3 Å². The second-order valence-corrected chi connectivity index (χ2v) is 4.59. The number of hydrogen-bond donors (Lipinski definition) is 1. The van der Waals surface area contributed by atoms with Gasteiger partial charge in [-0.1, -0.05) is 6.92 Å². The van der Waals surface area contributed by atoms with Crippen LogP contribution in [-0.4, -0.2) is 35.6 Å². The minimum Gasteiger partial charge on any atom is -0.351 e. The second kappa shape index (κ2) is 5.30. The summed E-state index contributed by atoms with van der Waals surface area (Å²) in [4.78, 5) is 16.9. The lowest BCUT2D eigenvalue weighted by atomic mass is 10.1. The number of nitro groups is 1. The number of aryl methyl sites for hydroxylation is 1. The van der Waals surface area contributed by atoms with Crippen LogP contribution in [-0.2, 0) is 0 Å². The summed E-state index contributed by atoms with van der Waals surface area (Å²) >= 11 is 0. The first-order valence-electron chi connectivity index (χ1n) is 6.22. The first kappa shape index (κ1) is 12.8. The van der Waals surface area contributed by atoms with Crippen LogP contribution in [0.25, 0.3) is 0 Å². The topological polar surface area (TPSA) is 71.3 Å². The standard InChI is InChI=1S/C12H18N4O2/c1-3-4-15(10-6-13-7-10)12-5-9(2)11(8-14-12)16(17)18/h5,8,10,13H,3-4,6-7H2,1-2H3. The maximum atomic E-state index is 10.8. The summed E-state index contributed by atoms with van der Waals surface area (Å²) in [5.41, 5.74) is 0.750. The van der Waals surface area contributed by atoms with Gasteiger partial charge in [0.25, 0.3) is 5.69 Å². The minimum absolute atomic E-state index is 0.0851. The van der Waals surface area contributed by atoms with E-state index >= 15 is 0 Å². The molecule has 98 valence electrons. The van der Waals surface area contributed by atoms with Crippen LogP contribution in [0.1, 0.15) is 18.9 Å². The van der Waals surface area contributed by atoms with Crippen molar-refractivity contribution in [1.29, 1.82) is 0 Å². The highest BCUT2D eigenvalue weighted by atomic mass is 16.6. The zero-order valence-corrected chi connectivity index (χ0v) is 10.7. The maximum Gasteiger partial charge on any atom is 0.290 e. The van der Waals surface area contributed by atoms with Crippen LogP contribution >= 0.6 is 0 Å². The van der Waals surface area contributed by atoms with Crippen LogP contribution in [0, 0.1) is 17.0 Å². The van der Waals surface area contributed by atoms with Gasteiger partial charge in [0, 0.05) is 25.2 Å². The average Bonchev–Trinajstić information content (AvgIpc) is 2.25. The molecular formula is C12H18N4O2. The molecule has 0 aliphatic carbocycles. The first-order valence-corrected chi connectivity index (χ1v) is 6.22. The number of pyridine rings is 1. The first-order chi connectivity index (χ1) is 8.63. The molecule has 1 N–H and O–H groups in total. The van der Waals surface area contributed by atoms with Crippen molar-refractivity contribution in [3.63, 3.8) is 0 Å². The van der Waals surface area contributed by atoms with Gasteiger partial charge in [0.1, 0.15) is 12.0 Å². The van der Waals surface area contributed by atoms with Gasteiger partial charge < -0.3 is 10.2 Å². The van der Waals surface area contributed by atoms with E-state index in [0.29, 0.717) is 11.6 Å². The van der Waals surface area contributed by atoms with Crippen molar-refractivity contribution in [1.82, 2.24) is 10.3 Å². The molecule has 0 aromatic carbocycles. The lowest BCUT2D eigenvalue weighted by Gasteiger charge is -2.39. The molecule has 2 rings (SSSR count). The van der Waals surface area contributed by atoms with Gasteiger partial charge in [0.15, 0.2) is 0 Å². The molecule has 1 aromatic heterocycles. The van der Waals surface area contributed by atoms with E-state index in [1.807, 2.05) is 6.07 Å². The Morgan fingerprint density at radius 2 is 2.33 bits per heavy atom. The van der Waals surface area contributed by atoms with E-state index in [-0.39, 0.29) is 10.6 Å². The molecule has 0 atom stereocenters. The fraction of sp³-hybridized carbons (Fsp3) is 0.583. The quantitative estimate of drug-likeness (QED) is 0.633. The maximum absolute atomic E-state index is 10.8. The van der Waals surface area contributed by atoms with E-state index in [1.165, 1.54) is 6.20 Å². The van der Waals surface area contributed by atoms with E-state index < -0.39 is 0 Å². The number of anilines is 1. The average molecular weight is 250 g/mol. The number of nitrogens with one attached hydrogen (secondary N) is 1. The Bertz CT molecular complexity index is 446. The predicted octanol–water partition coefficient (Wildman–Crippen LogP) is 1.49. The van der Waals surface area contributed by atoms with Crippen molar-refractivity contribution in [2.24, 2.45) is 0 Å². The molecule has 0 unspecified atom stereocenters. The van der Waals surface area contributed by atoms with E-state index in [2.05, 4.69) is 22.1 Å². The third-order valence-corrected chi connectivity index (χ3v) is 3.22. The molecule has 1 aliphatic rings. The molecule has 0 radical (unpaired) electrons. The van der Waals surface area contributed by atoms with Gasteiger partial charge >= 0.3 is 0 Å². The number of hydrogen-bond acceptors (Lipinski definition) is 5. The number of aromatic nitrogens is 1. The predicted molar refractivity (Wildman–Crippen MR) is 69.9 cm³/mol. The fourth-order valence-electron chi connectivity index (χ4n) is 2.10. The SMILES string of the molecule is CCCN(c1cc(C)c([N+](=O)[O-])cn1)C1CNC1. The van der Waals surface area contributed by atoms with Gasteiger partial charge in [-0.3, -0.25) is 10.1 Å². The van der Waals surface area contributed by atoms with Crippen LogP contribution in [0.15, 0.2) is 12.3 Å². The summed E-state index contributed by atoms with van der Waals surface area (Å²) < 4.78 is 0. The molecule has 0 bridgehead atoms. The third kappa shape index (κ3) is 2.43. The summed E-state index contributed by atoms with van der Waals surface area (Å²) in [6, 6.07) is 2.27. The molecule has 0 amide bonds. The summed E-state index contributed by atoms with van der Waals surface area (Å²) in [5.74, 6) is 0.839. The smallest absolute Gasteiger partial charge is 0.290 e. The lowest BCUT2D eigenvalue weighted by molar-refractivity contribution is -0.385. The Labute approximate surface area is 106 Å². The molecule has 1 aliphatic heterocycles. The van der Waals surface area contributed by atoms with Gasteiger partial charge in [-0.15, -0.1) is 0 Å². The van der Waals surface area contributed by atoms with Crippen LogP contribution < -0.4 is 10.2 Å².